The van der Waals surface area contributed by atoms with E-state index in [1.165, 1.54) is 38.5 Å². The lowest BCUT2D eigenvalue weighted by Crippen LogP contribution is -2.18. The zero-order valence-corrected chi connectivity index (χ0v) is 11.6. The third-order valence-electron chi connectivity index (χ3n) is 4.44. The molecule has 1 rings (SSSR count). The predicted octanol–water partition coefficient (Wildman–Crippen LogP) is 4.39. The van der Waals surface area contributed by atoms with Crippen LogP contribution in [-0.2, 0) is 0 Å². The Kier molecular flexibility index (Phi) is 5.30. The Morgan fingerprint density at radius 3 is 2.31 bits per heavy atom. The van der Waals surface area contributed by atoms with Gasteiger partial charge in [-0.15, -0.1) is 0 Å². The first-order valence-electron chi connectivity index (χ1n) is 7.09. The highest BCUT2D eigenvalue weighted by Gasteiger charge is 2.22. The number of rotatable bonds is 0. The third kappa shape index (κ3) is 4.86. The van der Waals surface area contributed by atoms with Crippen molar-refractivity contribution in [1.29, 1.82) is 0 Å². The third-order valence-corrected chi connectivity index (χ3v) is 4.44. The van der Waals surface area contributed by atoms with Crippen LogP contribution in [0.4, 0.5) is 0 Å². The van der Waals surface area contributed by atoms with E-state index in [1.54, 1.807) is 0 Å². The lowest BCUT2D eigenvalue weighted by molar-refractivity contribution is 0.0952. The average molecular weight is 226 g/mol. The van der Waals surface area contributed by atoms with E-state index >= 15 is 0 Å². The Labute approximate surface area is 102 Å². The Bertz CT molecular complexity index is 198. The lowest BCUT2D eigenvalue weighted by atomic mass is 9.80. The van der Waals surface area contributed by atoms with E-state index in [-0.39, 0.29) is 6.10 Å². The molecule has 0 heterocycles. The van der Waals surface area contributed by atoms with Crippen molar-refractivity contribution in [2.75, 3.05) is 0 Å². The summed E-state index contributed by atoms with van der Waals surface area (Å²) in [4.78, 5) is 0. The second kappa shape index (κ2) is 6.05. The largest absolute Gasteiger partial charge is 0.393 e. The summed E-state index contributed by atoms with van der Waals surface area (Å²) in [5.41, 5.74) is 0.503. The van der Waals surface area contributed by atoms with Crippen molar-refractivity contribution in [3.63, 3.8) is 0 Å². The van der Waals surface area contributed by atoms with Crippen molar-refractivity contribution in [3.8, 4) is 0 Å². The van der Waals surface area contributed by atoms with Crippen LogP contribution in [0.5, 0.6) is 0 Å². The highest BCUT2D eigenvalue weighted by atomic mass is 16.3. The topological polar surface area (TPSA) is 20.2 Å². The first kappa shape index (κ1) is 14.0. The van der Waals surface area contributed by atoms with Crippen molar-refractivity contribution in [2.24, 2.45) is 17.3 Å². The summed E-state index contributed by atoms with van der Waals surface area (Å²) in [6, 6.07) is 0. The van der Waals surface area contributed by atoms with Gasteiger partial charge in [-0.05, 0) is 49.4 Å². The van der Waals surface area contributed by atoms with Gasteiger partial charge < -0.3 is 5.11 Å². The smallest absolute Gasteiger partial charge is 0.0565 e. The fraction of sp³-hybridized carbons (Fsp3) is 1.00. The summed E-state index contributed by atoms with van der Waals surface area (Å²) >= 11 is 0. The number of hydrogen-bond donors (Lipinski definition) is 1. The van der Waals surface area contributed by atoms with Crippen LogP contribution in [0, 0.1) is 17.3 Å². The van der Waals surface area contributed by atoms with Gasteiger partial charge in [-0.2, -0.15) is 0 Å². The molecule has 1 fully saturated rings. The minimum atomic E-state index is -0.0661. The van der Waals surface area contributed by atoms with Crippen LogP contribution in [0.2, 0.25) is 0 Å². The molecule has 1 heteroatoms. The Morgan fingerprint density at radius 2 is 1.62 bits per heavy atom. The van der Waals surface area contributed by atoms with Crippen LogP contribution in [0.15, 0.2) is 0 Å². The number of aliphatic hydroxyl groups excluding tert-OH is 1. The van der Waals surface area contributed by atoms with Crippen LogP contribution in [0.25, 0.3) is 0 Å². The summed E-state index contributed by atoms with van der Waals surface area (Å²) in [5.74, 6) is 1.26. The molecule has 3 unspecified atom stereocenters. The van der Waals surface area contributed by atoms with Crippen molar-refractivity contribution in [1.82, 2.24) is 0 Å². The molecular weight excluding hydrogens is 196 g/mol. The quantitative estimate of drug-likeness (QED) is 0.649. The minimum Gasteiger partial charge on any atom is -0.393 e. The highest BCUT2D eigenvalue weighted by molar-refractivity contribution is 4.75. The zero-order valence-electron chi connectivity index (χ0n) is 11.6. The molecule has 0 aliphatic heterocycles. The first-order valence-corrected chi connectivity index (χ1v) is 7.09. The second-order valence-corrected chi connectivity index (χ2v) is 6.82. The zero-order chi connectivity index (χ0) is 12.2. The van der Waals surface area contributed by atoms with Gasteiger partial charge in [0.25, 0.3) is 0 Å². The molecule has 0 bridgehead atoms. The van der Waals surface area contributed by atoms with Gasteiger partial charge in [0.2, 0.25) is 0 Å². The average Bonchev–Trinajstić information content (AvgIpc) is 2.23. The molecule has 0 aromatic heterocycles. The van der Waals surface area contributed by atoms with Crippen LogP contribution in [0.3, 0.4) is 0 Å². The van der Waals surface area contributed by atoms with E-state index in [4.69, 9.17) is 0 Å². The minimum absolute atomic E-state index is 0.0661. The Balaban J connectivity index is 2.55. The SMILES string of the molecule is CC1CCC(O)C(C)CCCC(C)(C)CC1. The molecule has 0 aromatic carbocycles. The van der Waals surface area contributed by atoms with Gasteiger partial charge in [-0.3, -0.25) is 0 Å². The molecule has 1 nitrogen and oxygen atoms in total. The molecule has 3 atom stereocenters. The fourth-order valence-electron chi connectivity index (χ4n) is 2.74. The number of aliphatic hydroxyl groups is 1. The summed E-state index contributed by atoms with van der Waals surface area (Å²) in [7, 11) is 0. The Morgan fingerprint density at radius 1 is 0.938 bits per heavy atom. The maximum Gasteiger partial charge on any atom is 0.0565 e. The monoisotopic (exact) mass is 226 g/mol. The van der Waals surface area contributed by atoms with Gasteiger partial charge in [-0.1, -0.05) is 40.5 Å². The highest BCUT2D eigenvalue weighted by Crippen LogP contribution is 2.34. The molecule has 0 spiro atoms. The molecule has 1 N–H and O–H groups in total. The summed E-state index contributed by atoms with van der Waals surface area (Å²) in [6.07, 6.45) is 8.59. The van der Waals surface area contributed by atoms with E-state index in [2.05, 4.69) is 27.7 Å². The lowest BCUT2D eigenvalue weighted by Gasteiger charge is -2.26. The van der Waals surface area contributed by atoms with Crippen LogP contribution >= 0.6 is 0 Å². The van der Waals surface area contributed by atoms with Gasteiger partial charge in [-0.25, -0.2) is 0 Å². The van der Waals surface area contributed by atoms with Crippen molar-refractivity contribution in [3.05, 3.63) is 0 Å². The van der Waals surface area contributed by atoms with Gasteiger partial charge in [0.15, 0.2) is 0 Å². The second-order valence-electron chi connectivity index (χ2n) is 6.82. The van der Waals surface area contributed by atoms with E-state index in [0.29, 0.717) is 11.3 Å². The van der Waals surface area contributed by atoms with Gasteiger partial charge in [0.05, 0.1) is 6.10 Å². The van der Waals surface area contributed by atoms with Crippen molar-refractivity contribution < 1.29 is 5.11 Å². The van der Waals surface area contributed by atoms with E-state index in [0.717, 1.165) is 12.3 Å². The summed E-state index contributed by atoms with van der Waals surface area (Å²) in [6.45, 7) is 9.35. The molecule has 1 aliphatic rings. The standard InChI is InChI=1S/C15H30O/c1-12-7-8-14(16)13(2)6-5-10-15(3,4)11-9-12/h12-14,16H,5-11H2,1-4H3. The molecule has 96 valence electrons. The van der Waals surface area contributed by atoms with Crippen LogP contribution < -0.4 is 0 Å². The molecule has 0 amide bonds. The van der Waals surface area contributed by atoms with Gasteiger partial charge in [0, 0.05) is 0 Å². The van der Waals surface area contributed by atoms with Crippen molar-refractivity contribution >= 4 is 0 Å². The molecule has 0 saturated heterocycles. The van der Waals surface area contributed by atoms with E-state index in [9.17, 15) is 5.11 Å². The maximum atomic E-state index is 10.0. The summed E-state index contributed by atoms with van der Waals surface area (Å²) in [5, 5.41) is 10.0. The van der Waals surface area contributed by atoms with Crippen LogP contribution in [0.1, 0.15) is 72.6 Å². The van der Waals surface area contributed by atoms with E-state index in [1.807, 2.05) is 0 Å². The maximum absolute atomic E-state index is 10.0. The van der Waals surface area contributed by atoms with Gasteiger partial charge >= 0.3 is 0 Å². The molecule has 1 saturated carbocycles. The fourth-order valence-corrected chi connectivity index (χ4v) is 2.74. The van der Waals surface area contributed by atoms with Crippen LogP contribution in [-0.4, -0.2) is 11.2 Å². The van der Waals surface area contributed by atoms with E-state index < -0.39 is 0 Å². The first-order chi connectivity index (χ1) is 7.41. The molecular formula is C15H30O. The molecule has 0 aromatic rings. The molecule has 1 aliphatic carbocycles. The Hall–Kier alpha value is -0.0400. The predicted molar refractivity (Wildman–Crippen MR) is 70.4 cm³/mol. The van der Waals surface area contributed by atoms with Crippen molar-refractivity contribution in [2.45, 2.75) is 78.7 Å². The van der Waals surface area contributed by atoms with Gasteiger partial charge in [0.1, 0.15) is 0 Å². The molecule has 16 heavy (non-hydrogen) atoms. The number of hydrogen-bond acceptors (Lipinski definition) is 1. The molecule has 0 radical (unpaired) electrons. The normalized spacial score (nSPS) is 37.7. The summed E-state index contributed by atoms with van der Waals surface area (Å²) < 4.78 is 0.